The maximum absolute atomic E-state index is 14.2. The minimum absolute atomic E-state index is 0.213. The number of imide groups is 1. The monoisotopic (exact) mass is 569 g/mol. The zero-order chi connectivity index (χ0) is 29.1. The van der Waals surface area contributed by atoms with Gasteiger partial charge in [0.25, 0.3) is 5.69 Å². The maximum atomic E-state index is 14.2. The molecule has 11 nitrogen and oxygen atoms in total. The fourth-order valence-electron chi connectivity index (χ4n) is 4.49. The van der Waals surface area contributed by atoms with Crippen molar-refractivity contribution in [3.05, 3.63) is 33.9 Å². The van der Waals surface area contributed by atoms with Crippen LogP contribution in [-0.4, -0.2) is 63.2 Å². The molecule has 0 N–H and O–H groups in total. The van der Waals surface area contributed by atoms with E-state index in [1.54, 1.807) is 54.5 Å². The van der Waals surface area contributed by atoms with E-state index in [4.69, 9.17) is 14.5 Å². The van der Waals surface area contributed by atoms with Crippen LogP contribution < -0.4 is 0 Å². The van der Waals surface area contributed by atoms with Crippen molar-refractivity contribution in [3.63, 3.8) is 0 Å². The first-order chi connectivity index (χ1) is 17.1. The minimum Gasteiger partial charge on any atom is -0.443 e. The number of hydrogen-bond donors (Lipinski definition) is 0. The number of ether oxygens (including phenoxy) is 2. The summed E-state index contributed by atoms with van der Waals surface area (Å²) in [5.41, 5.74) is -3.47. The molecular weight excluding hydrogens is 534 g/mol. The van der Waals surface area contributed by atoms with Crippen LogP contribution in [0.4, 0.5) is 15.3 Å². The van der Waals surface area contributed by atoms with Crippen molar-refractivity contribution >= 4 is 45.3 Å². The zero-order valence-electron chi connectivity index (χ0n) is 23.1. The number of thioether (sulfide) groups is 1. The Hall–Kier alpha value is -2.67. The van der Waals surface area contributed by atoms with E-state index in [0.717, 1.165) is 0 Å². The summed E-state index contributed by atoms with van der Waals surface area (Å²) in [6, 6.07) is 4.25. The Labute approximate surface area is 227 Å². The molecule has 0 saturated heterocycles. The number of nitrogens with zero attached hydrogens (tertiary/aromatic N) is 3. The number of benzene rings is 1. The molecule has 2 aliphatic rings. The van der Waals surface area contributed by atoms with Gasteiger partial charge < -0.3 is 9.47 Å². The van der Waals surface area contributed by atoms with E-state index in [-0.39, 0.29) is 17.9 Å². The predicted molar refractivity (Wildman–Crippen MR) is 144 cm³/mol. The molecule has 1 aromatic rings. The van der Waals surface area contributed by atoms with Crippen molar-refractivity contribution in [2.24, 2.45) is 4.99 Å². The standard InChI is InChI=1S/C25H35N3O8S2/c1-22(2,3)35-20(29)27(21(30)36-23(4,5)6)19-24(7,8)38(33,34)18-12-13-37-17-11-10-15(28(31)32)14-16(17)25(18,9)26-19/h10-11,14,18H,12-13H2,1-9H3/t18-,25+/m0/s1. The van der Waals surface area contributed by atoms with E-state index in [0.29, 0.717) is 21.1 Å². The van der Waals surface area contributed by atoms with Crippen molar-refractivity contribution < 1.29 is 32.4 Å². The number of fused-ring (bicyclic) bond motifs is 3. The lowest BCUT2D eigenvalue weighted by Crippen LogP contribution is -2.64. The number of non-ortho nitro benzene ring substituents is 1. The second kappa shape index (κ2) is 9.51. The second-order valence-corrected chi connectivity index (χ2v) is 15.8. The van der Waals surface area contributed by atoms with Gasteiger partial charge in [0.15, 0.2) is 9.84 Å². The summed E-state index contributed by atoms with van der Waals surface area (Å²) >= 11 is 1.38. The molecule has 0 fully saturated rings. The molecule has 2 atom stereocenters. The number of carbonyl (C=O) groups excluding carboxylic acids is 2. The highest BCUT2D eigenvalue weighted by molar-refractivity contribution is 7.99. The molecule has 0 bridgehead atoms. The van der Waals surface area contributed by atoms with Crippen LogP contribution in [-0.2, 0) is 24.8 Å². The molecular formula is C25H35N3O8S2. The SMILES string of the molecule is CC(C)(C)OC(=O)N(C(=O)OC(C)(C)C)C1=N[C@]2(C)c3cc([N+](=O)[O-])ccc3SCC[C@@H]2S(=O)(=O)C1(C)C. The van der Waals surface area contributed by atoms with Gasteiger partial charge in [0.1, 0.15) is 27.3 Å². The summed E-state index contributed by atoms with van der Waals surface area (Å²) in [7, 11) is -4.14. The molecule has 0 radical (unpaired) electrons. The normalized spacial score (nSPS) is 24.1. The minimum atomic E-state index is -4.14. The summed E-state index contributed by atoms with van der Waals surface area (Å²) < 4.78 is 37.6. The van der Waals surface area contributed by atoms with Gasteiger partial charge in [-0.25, -0.2) is 18.0 Å². The van der Waals surface area contributed by atoms with E-state index in [9.17, 15) is 28.1 Å². The molecule has 0 aromatic heterocycles. The Kier molecular flexibility index (Phi) is 7.48. The maximum Gasteiger partial charge on any atom is 0.425 e. The number of amidine groups is 1. The number of amides is 2. The summed E-state index contributed by atoms with van der Waals surface area (Å²) in [6.07, 6.45) is -2.07. The van der Waals surface area contributed by atoms with Gasteiger partial charge in [-0.3, -0.25) is 15.1 Å². The van der Waals surface area contributed by atoms with Gasteiger partial charge >= 0.3 is 12.2 Å². The van der Waals surface area contributed by atoms with Crippen LogP contribution in [0.15, 0.2) is 28.1 Å². The highest BCUT2D eigenvalue weighted by Gasteiger charge is 2.61. The average Bonchev–Trinajstić information content (AvgIpc) is 2.86. The van der Waals surface area contributed by atoms with Crippen LogP contribution in [0.5, 0.6) is 0 Å². The lowest BCUT2D eigenvalue weighted by Gasteiger charge is -2.46. The van der Waals surface area contributed by atoms with Crippen LogP contribution in [0, 0.1) is 10.1 Å². The van der Waals surface area contributed by atoms with Gasteiger partial charge in [0.2, 0.25) is 0 Å². The fourth-order valence-corrected chi connectivity index (χ4v) is 8.11. The molecule has 3 rings (SSSR count). The first-order valence-electron chi connectivity index (χ1n) is 12.1. The van der Waals surface area contributed by atoms with E-state index in [1.165, 1.54) is 37.7 Å². The van der Waals surface area contributed by atoms with Crippen LogP contribution in [0.25, 0.3) is 0 Å². The van der Waals surface area contributed by atoms with Crippen molar-refractivity contribution in [1.82, 2.24) is 4.90 Å². The Morgan fingerprint density at radius 1 is 1.08 bits per heavy atom. The first-order valence-corrected chi connectivity index (χ1v) is 14.7. The Morgan fingerprint density at radius 3 is 2.08 bits per heavy atom. The third-order valence-electron chi connectivity index (χ3n) is 6.31. The molecule has 13 heteroatoms. The summed E-state index contributed by atoms with van der Waals surface area (Å²) in [4.78, 5) is 43.9. The smallest absolute Gasteiger partial charge is 0.425 e. The molecule has 2 aliphatic heterocycles. The fraction of sp³-hybridized carbons (Fsp3) is 0.640. The molecule has 0 saturated carbocycles. The van der Waals surface area contributed by atoms with Gasteiger partial charge in [-0.2, -0.15) is 4.90 Å². The third-order valence-corrected chi connectivity index (χ3v) is 10.5. The molecule has 210 valence electrons. The van der Waals surface area contributed by atoms with Crippen molar-refractivity contribution in [2.45, 2.75) is 100 Å². The van der Waals surface area contributed by atoms with Gasteiger partial charge in [-0.05, 0) is 80.6 Å². The van der Waals surface area contributed by atoms with Gasteiger partial charge in [0, 0.05) is 22.6 Å². The predicted octanol–water partition coefficient (Wildman–Crippen LogP) is 5.45. The summed E-state index contributed by atoms with van der Waals surface area (Å²) in [5, 5.41) is 10.5. The third kappa shape index (κ3) is 5.40. The largest absolute Gasteiger partial charge is 0.443 e. The number of aliphatic imine (C=N–C) groups is 1. The molecule has 0 spiro atoms. The van der Waals surface area contributed by atoms with Crippen LogP contribution in [0.2, 0.25) is 0 Å². The Bertz CT molecular complexity index is 1280. The highest BCUT2D eigenvalue weighted by atomic mass is 32.2. The average molecular weight is 570 g/mol. The quantitative estimate of drug-likeness (QED) is 0.318. The second-order valence-electron chi connectivity index (χ2n) is 12.0. The molecule has 0 aliphatic carbocycles. The van der Waals surface area contributed by atoms with E-state index in [2.05, 4.69) is 0 Å². The summed E-state index contributed by atoms with van der Waals surface area (Å²) in [6.45, 7) is 14.0. The lowest BCUT2D eigenvalue weighted by atomic mass is 9.86. The zero-order valence-corrected chi connectivity index (χ0v) is 24.8. The molecule has 2 heterocycles. The van der Waals surface area contributed by atoms with E-state index in [1.807, 2.05) is 0 Å². The number of sulfone groups is 1. The lowest BCUT2D eigenvalue weighted by molar-refractivity contribution is -0.385. The molecule has 2 amide bonds. The summed E-state index contributed by atoms with van der Waals surface area (Å²) in [5.74, 6) is 0.0664. The number of carbonyl (C=O) groups is 2. The topological polar surface area (TPSA) is 145 Å². The Morgan fingerprint density at radius 2 is 1.61 bits per heavy atom. The number of nitro benzene ring substituents is 1. The van der Waals surface area contributed by atoms with Crippen LogP contribution in [0.1, 0.15) is 74.3 Å². The van der Waals surface area contributed by atoms with Crippen molar-refractivity contribution in [3.8, 4) is 0 Å². The molecule has 0 unspecified atom stereocenters. The molecule has 38 heavy (non-hydrogen) atoms. The van der Waals surface area contributed by atoms with Gasteiger partial charge in [-0.1, -0.05) is 0 Å². The van der Waals surface area contributed by atoms with Gasteiger partial charge in [-0.15, -0.1) is 11.8 Å². The number of rotatable bonds is 1. The Balaban J connectivity index is 2.37. The first kappa shape index (κ1) is 29.9. The van der Waals surface area contributed by atoms with Crippen LogP contribution >= 0.6 is 11.8 Å². The molecule has 1 aromatic carbocycles. The van der Waals surface area contributed by atoms with E-state index < -0.39 is 53.7 Å². The van der Waals surface area contributed by atoms with Crippen molar-refractivity contribution in [1.29, 1.82) is 0 Å². The van der Waals surface area contributed by atoms with Gasteiger partial charge in [0.05, 0.1) is 10.2 Å². The number of nitro groups is 1. The van der Waals surface area contributed by atoms with Crippen LogP contribution in [0.3, 0.4) is 0 Å². The van der Waals surface area contributed by atoms with E-state index >= 15 is 0 Å². The van der Waals surface area contributed by atoms with Crippen molar-refractivity contribution in [2.75, 3.05) is 5.75 Å². The number of hydrogen-bond acceptors (Lipinski definition) is 10. The highest BCUT2D eigenvalue weighted by Crippen LogP contribution is 2.50.